The molecule has 11 nitrogen and oxygen atoms in total. The van der Waals surface area contributed by atoms with Crippen molar-refractivity contribution >= 4 is 23.6 Å². The Kier molecular flexibility index (Phi) is 12.5. The van der Waals surface area contributed by atoms with E-state index in [1.165, 1.54) is 0 Å². The summed E-state index contributed by atoms with van der Waals surface area (Å²) in [6.45, 7) is 0.406. The highest BCUT2D eigenvalue weighted by molar-refractivity contribution is 7.99. The molecule has 2 heterocycles. The van der Waals surface area contributed by atoms with Gasteiger partial charge >= 0.3 is 5.97 Å². The number of carboxylic acid groups (broad SMARTS) is 1. The molecular formula is C35H41N5O6S. The number of hydrogen-bond donors (Lipinski definition) is 3. The lowest BCUT2D eigenvalue weighted by Crippen LogP contribution is -2.31. The van der Waals surface area contributed by atoms with Gasteiger partial charge in [0.05, 0.1) is 18.8 Å². The highest BCUT2D eigenvalue weighted by atomic mass is 32.2. The van der Waals surface area contributed by atoms with Crippen molar-refractivity contribution in [3.8, 4) is 11.1 Å². The van der Waals surface area contributed by atoms with Crippen LogP contribution in [-0.2, 0) is 39.3 Å². The van der Waals surface area contributed by atoms with Gasteiger partial charge in [-0.1, -0.05) is 97.4 Å². The average molecular weight is 660 g/mol. The summed E-state index contributed by atoms with van der Waals surface area (Å²) in [5.41, 5.74) is 5.84. The molecule has 1 aliphatic heterocycles. The molecular weight excluding hydrogens is 618 g/mol. The second-order valence-electron chi connectivity index (χ2n) is 11.6. The molecule has 3 unspecified atom stereocenters. The van der Waals surface area contributed by atoms with E-state index in [0.717, 1.165) is 52.6 Å². The van der Waals surface area contributed by atoms with Crippen molar-refractivity contribution in [2.75, 3.05) is 5.75 Å². The summed E-state index contributed by atoms with van der Waals surface area (Å²) in [7, 11) is 1.81. The zero-order valence-corrected chi connectivity index (χ0v) is 27.3. The van der Waals surface area contributed by atoms with Crippen molar-refractivity contribution in [1.29, 1.82) is 0 Å². The zero-order valence-electron chi connectivity index (χ0n) is 26.5. The standard InChI is InChI=1S/C35H41N5O6S/c1-40-35(37-38-39-40)47-23-29-20-31(26-14-12-24(22-41)13-15-26)46-34(45-29)27-18-16-25(17-19-27)30-9-7-6-8-28(30)21-36-32(42)10-4-2-3-5-11-33(43)44/h6-9,12-19,29,31,34,41H,2-5,10-11,20-23H2,1H3,(H,36,42)(H,43,44). The maximum atomic E-state index is 12.5. The number of aliphatic hydroxyl groups excluding tert-OH is 1. The minimum absolute atomic E-state index is 0.0105. The largest absolute Gasteiger partial charge is 0.481 e. The smallest absolute Gasteiger partial charge is 0.303 e. The van der Waals surface area contributed by atoms with Crippen LogP contribution >= 0.6 is 11.8 Å². The molecule has 5 rings (SSSR count). The fourth-order valence-corrected chi connectivity index (χ4v) is 6.37. The van der Waals surface area contributed by atoms with Gasteiger partial charge in [-0.3, -0.25) is 9.59 Å². The molecule has 248 valence electrons. The van der Waals surface area contributed by atoms with Gasteiger partial charge in [-0.05, 0) is 51.1 Å². The Morgan fingerprint density at radius 2 is 1.66 bits per heavy atom. The number of aliphatic carboxylic acids is 1. The number of ether oxygens (including phenoxy) is 2. The molecule has 0 spiro atoms. The number of aryl methyl sites for hydroxylation is 1. The summed E-state index contributed by atoms with van der Waals surface area (Å²) < 4.78 is 14.6. The highest BCUT2D eigenvalue weighted by Crippen LogP contribution is 2.39. The van der Waals surface area contributed by atoms with Gasteiger partial charge in [-0.15, -0.1) is 5.10 Å². The third-order valence-electron chi connectivity index (χ3n) is 8.13. The van der Waals surface area contributed by atoms with E-state index in [9.17, 15) is 14.7 Å². The third-order valence-corrected chi connectivity index (χ3v) is 9.27. The molecule has 3 N–H and O–H groups in total. The minimum atomic E-state index is -0.779. The summed E-state index contributed by atoms with van der Waals surface area (Å²) in [5, 5.41) is 33.7. The van der Waals surface area contributed by atoms with Crippen molar-refractivity contribution in [3.63, 3.8) is 0 Å². The maximum absolute atomic E-state index is 12.5. The second kappa shape index (κ2) is 17.2. The summed E-state index contributed by atoms with van der Waals surface area (Å²) in [5.74, 6) is -0.136. The van der Waals surface area contributed by atoms with E-state index >= 15 is 0 Å². The van der Waals surface area contributed by atoms with Gasteiger partial charge in [0, 0.05) is 44.2 Å². The van der Waals surface area contributed by atoms with Crippen LogP contribution in [0.5, 0.6) is 0 Å². The number of benzene rings is 3. The van der Waals surface area contributed by atoms with Crippen molar-refractivity contribution in [3.05, 3.63) is 95.1 Å². The van der Waals surface area contributed by atoms with E-state index in [1.54, 1.807) is 16.4 Å². The first-order chi connectivity index (χ1) is 22.9. The van der Waals surface area contributed by atoms with E-state index < -0.39 is 12.3 Å². The first kappa shape index (κ1) is 34.2. The lowest BCUT2D eigenvalue weighted by Gasteiger charge is -2.36. The molecule has 3 atom stereocenters. The van der Waals surface area contributed by atoms with E-state index in [2.05, 4.69) is 33.0 Å². The Hall–Kier alpha value is -4.10. The Balaban J connectivity index is 1.23. The molecule has 0 bridgehead atoms. The number of tetrazole rings is 1. The molecule has 0 radical (unpaired) electrons. The van der Waals surface area contributed by atoms with Crippen molar-refractivity contribution in [2.24, 2.45) is 7.05 Å². The molecule has 3 aromatic carbocycles. The number of carbonyl (C=O) groups is 2. The minimum Gasteiger partial charge on any atom is -0.481 e. The molecule has 1 fully saturated rings. The number of aliphatic hydroxyl groups is 1. The number of carboxylic acids is 1. The molecule has 1 aliphatic rings. The van der Waals surface area contributed by atoms with Gasteiger partial charge < -0.3 is 25.0 Å². The zero-order chi connectivity index (χ0) is 33.0. The van der Waals surface area contributed by atoms with E-state index in [1.807, 2.05) is 67.7 Å². The number of nitrogens with one attached hydrogen (secondary N) is 1. The Bertz CT molecular complexity index is 1600. The van der Waals surface area contributed by atoms with Gasteiger partial charge in [-0.2, -0.15) is 0 Å². The van der Waals surface area contributed by atoms with E-state index in [0.29, 0.717) is 36.7 Å². The quantitative estimate of drug-likeness (QED) is 0.100. The van der Waals surface area contributed by atoms with Gasteiger partial charge in [0.15, 0.2) is 6.29 Å². The van der Waals surface area contributed by atoms with Crippen LogP contribution in [0, 0.1) is 0 Å². The Morgan fingerprint density at radius 3 is 2.36 bits per heavy atom. The topological polar surface area (TPSA) is 149 Å². The van der Waals surface area contributed by atoms with Crippen molar-refractivity contribution in [2.45, 2.75) is 81.8 Å². The van der Waals surface area contributed by atoms with Crippen LogP contribution in [-0.4, -0.2) is 54.2 Å². The fourth-order valence-electron chi connectivity index (χ4n) is 5.51. The summed E-state index contributed by atoms with van der Waals surface area (Å²) >= 11 is 1.54. The molecule has 1 aromatic heterocycles. The molecule has 1 amide bonds. The van der Waals surface area contributed by atoms with Crippen LogP contribution < -0.4 is 5.32 Å². The number of aromatic nitrogens is 4. The Morgan fingerprint density at radius 1 is 0.936 bits per heavy atom. The first-order valence-electron chi connectivity index (χ1n) is 15.9. The van der Waals surface area contributed by atoms with Crippen LogP contribution in [0.1, 0.15) is 79.6 Å². The van der Waals surface area contributed by atoms with Crippen molar-refractivity contribution < 1.29 is 29.3 Å². The lowest BCUT2D eigenvalue weighted by molar-refractivity contribution is -0.245. The van der Waals surface area contributed by atoms with Crippen LogP contribution in [0.3, 0.4) is 0 Å². The predicted octanol–water partition coefficient (Wildman–Crippen LogP) is 5.75. The highest BCUT2D eigenvalue weighted by Gasteiger charge is 2.32. The summed E-state index contributed by atoms with van der Waals surface area (Å²) in [4.78, 5) is 23.1. The predicted molar refractivity (Wildman–Crippen MR) is 177 cm³/mol. The van der Waals surface area contributed by atoms with Crippen molar-refractivity contribution in [1.82, 2.24) is 25.5 Å². The molecule has 1 saturated heterocycles. The second-order valence-corrected chi connectivity index (χ2v) is 12.6. The van der Waals surface area contributed by atoms with Gasteiger partial charge in [0.25, 0.3) is 0 Å². The fraction of sp³-hybridized carbons (Fsp3) is 0.400. The summed E-state index contributed by atoms with van der Waals surface area (Å²) in [6, 6.07) is 24.0. The molecule has 4 aromatic rings. The van der Waals surface area contributed by atoms with Crippen LogP contribution in [0.25, 0.3) is 11.1 Å². The molecule has 47 heavy (non-hydrogen) atoms. The molecule has 0 saturated carbocycles. The number of carbonyl (C=O) groups excluding carboxylic acids is 1. The Labute approximate surface area is 278 Å². The number of thioether (sulfide) groups is 1. The number of unbranched alkanes of at least 4 members (excludes halogenated alkanes) is 3. The number of rotatable bonds is 16. The van der Waals surface area contributed by atoms with Gasteiger partial charge in [0.1, 0.15) is 0 Å². The monoisotopic (exact) mass is 659 g/mol. The maximum Gasteiger partial charge on any atom is 0.303 e. The van der Waals surface area contributed by atoms with Gasteiger partial charge in [0.2, 0.25) is 11.1 Å². The number of hydrogen-bond acceptors (Lipinski definition) is 9. The lowest BCUT2D eigenvalue weighted by atomic mass is 9.97. The SMILES string of the molecule is Cn1nnnc1SCC1CC(c2ccc(CO)cc2)OC(c2ccc(-c3ccccc3CNC(=O)CCCCCCC(=O)O)cc2)O1. The van der Waals surface area contributed by atoms with Gasteiger partial charge in [-0.25, -0.2) is 4.68 Å². The van der Waals surface area contributed by atoms with Crippen LogP contribution in [0.4, 0.5) is 0 Å². The molecule has 12 heteroatoms. The number of amides is 1. The van der Waals surface area contributed by atoms with Crippen LogP contribution in [0.2, 0.25) is 0 Å². The number of nitrogens with zero attached hydrogens (tertiary/aromatic N) is 4. The normalized spacial score (nSPS) is 17.8. The molecule has 0 aliphatic carbocycles. The first-order valence-corrected chi connectivity index (χ1v) is 16.9. The summed E-state index contributed by atoms with van der Waals surface area (Å²) in [6.07, 6.45) is 3.40. The van der Waals surface area contributed by atoms with E-state index in [-0.39, 0.29) is 31.1 Å². The van der Waals surface area contributed by atoms with E-state index in [4.69, 9.17) is 14.6 Å². The average Bonchev–Trinajstić information content (AvgIpc) is 3.52. The van der Waals surface area contributed by atoms with Crippen LogP contribution in [0.15, 0.2) is 78.0 Å². The third kappa shape index (κ3) is 9.94.